The Hall–Kier alpha value is -1.87. The number of aliphatic hydroxyl groups excluding tert-OH is 1. The number of oxime groups is 1. The second-order valence-electron chi connectivity index (χ2n) is 5.56. The van der Waals surface area contributed by atoms with E-state index in [1.165, 1.54) is 0 Å². The van der Waals surface area contributed by atoms with Crippen molar-refractivity contribution in [1.82, 2.24) is 4.90 Å². The monoisotopic (exact) mass is 316 g/mol. The Balaban J connectivity index is 1.77. The zero-order valence-electron chi connectivity index (χ0n) is 13.5. The van der Waals surface area contributed by atoms with Crippen LogP contribution in [0.4, 0.5) is 0 Å². The molecule has 1 N–H and O–H groups in total. The highest BCUT2D eigenvalue weighted by molar-refractivity contribution is 6.01. The molecule has 5 nitrogen and oxygen atoms in total. The largest absolute Gasteiger partial charge is 0.390 e. The van der Waals surface area contributed by atoms with Gasteiger partial charge in [0.2, 0.25) is 0 Å². The number of likely N-dealkylation sites (N-methyl/N-ethyl adjacent to an activating group) is 1. The topological polar surface area (TPSA) is 54.3 Å². The maximum atomic E-state index is 9.98. The highest BCUT2D eigenvalue weighted by Gasteiger charge is 2.24. The van der Waals surface area contributed by atoms with Gasteiger partial charge < -0.3 is 14.7 Å². The molecule has 0 fully saturated rings. The molecule has 0 spiro atoms. The Morgan fingerprint density at radius 2 is 2.26 bits per heavy atom. The molecule has 1 heterocycles. The molecule has 124 valence electrons. The molecule has 0 aromatic heterocycles. The molecule has 0 aliphatic carbocycles. The molecule has 0 saturated carbocycles. The van der Waals surface area contributed by atoms with Crippen molar-refractivity contribution in [1.29, 1.82) is 0 Å². The second-order valence-corrected chi connectivity index (χ2v) is 5.56. The number of benzene rings is 1. The fraction of sp³-hybridized carbons (Fsp3) is 0.500. The van der Waals surface area contributed by atoms with Crippen LogP contribution in [-0.4, -0.2) is 60.8 Å². The van der Waals surface area contributed by atoms with Crippen molar-refractivity contribution in [3.8, 4) is 12.3 Å². The molecule has 1 aromatic rings. The summed E-state index contributed by atoms with van der Waals surface area (Å²) in [5.41, 5.74) is 2.07. The zero-order valence-corrected chi connectivity index (χ0v) is 13.5. The lowest BCUT2D eigenvalue weighted by Crippen LogP contribution is -2.39. The highest BCUT2D eigenvalue weighted by Crippen LogP contribution is 2.17. The molecule has 1 aliphatic rings. The van der Waals surface area contributed by atoms with Crippen LogP contribution >= 0.6 is 0 Å². The van der Waals surface area contributed by atoms with Crippen LogP contribution in [0.15, 0.2) is 35.5 Å². The van der Waals surface area contributed by atoms with E-state index in [4.69, 9.17) is 16.0 Å². The van der Waals surface area contributed by atoms with Crippen molar-refractivity contribution < 1.29 is 14.7 Å². The van der Waals surface area contributed by atoms with Crippen molar-refractivity contribution in [2.45, 2.75) is 25.6 Å². The molecule has 1 aromatic carbocycles. The van der Waals surface area contributed by atoms with Crippen LogP contribution in [0.2, 0.25) is 0 Å². The summed E-state index contributed by atoms with van der Waals surface area (Å²) in [4.78, 5) is 7.68. The van der Waals surface area contributed by atoms with Crippen molar-refractivity contribution in [2.24, 2.45) is 5.16 Å². The Morgan fingerprint density at radius 3 is 2.96 bits per heavy atom. The number of terminal acetylenes is 1. The van der Waals surface area contributed by atoms with E-state index >= 15 is 0 Å². The first-order chi connectivity index (χ1) is 11.2. The maximum absolute atomic E-state index is 9.98. The summed E-state index contributed by atoms with van der Waals surface area (Å²) in [5.74, 6) is 2.39. The number of rotatable bonds is 9. The van der Waals surface area contributed by atoms with Crippen LogP contribution in [-0.2, 0) is 9.57 Å². The van der Waals surface area contributed by atoms with E-state index in [9.17, 15) is 5.11 Å². The fourth-order valence-corrected chi connectivity index (χ4v) is 2.55. The van der Waals surface area contributed by atoms with Gasteiger partial charge in [0.1, 0.15) is 12.7 Å². The third-order valence-corrected chi connectivity index (χ3v) is 3.71. The molecule has 0 unspecified atom stereocenters. The molecular weight excluding hydrogens is 292 g/mol. The van der Waals surface area contributed by atoms with Gasteiger partial charge in [-0.15, -0.1) is 6.42 Å². The van der Waals surface area contributed by atoms with Crippen LogP contribution in [0.1, 0.15) is 18.9 Å². The third kappa shape index (κ3) is 5.68. The Kier molecular flexibility index (Phi) is 7.08. The van der Waals surface area contributed by atoms with Gasteiger partial charge in [-0.1, -0.05) is 48.3 Å². The van der Waals surface area contributed by atoms with Gasteiger partial charge in [0, 0.05) is 19.5 Å². The lowest BCUT2D eigenvalue weighted by atomic mass is 10.0. The van der Waals surface area contributed by atoms with Crippen molar-refractivity contribution in [3.63, 3.8) is 0 Å². The van der Waals surface area contributed by atoms with Crippen LogP contribution in [0.25, 0.3) is 0 Å². The second kappa shape index (κ2) is 9.31. The summed E-state index contributed by atoms with van der Waals surface area (Å²) in [6, 6.07) is 10.1. The van der Waals surface area contributed by atoms with Gasteiger partial charge >= 0.3 is 0 Å². The number of nitrogens with zero attached hydrogens (tertiary/aromatic N) is 2. The Morgan fingerprint density at radius 1 is 1.48 bits per heavy atom. The van der Waals surface area contributed by atoms with Crippen LogP contribution in [0.3, 0.4) is 0 Å². The van der Waals surface area contributed by atoms with Crippen LogP contribution < -0.4 is 0 Å². The average Bonchev–Trinajstić information content (AvgIpc) is 3.04. The van der Waals surface area contributed by atoms with Gasteiger partial charge in [0.15, 0.2) is 0 Å². The van der Waals surface area contributed by atoms with Gasteiger partial charge in [-0.2, -0.15) is 0 Å². The van der Waals surface area contributed by atoms with E-state index in [-0.39, 0.29) is 19.3 Å². The van der Waals surface area contributed by atoms with Crippen molar-refractivity contribution in [2.75, 3.05) is 32.8 Å². The zero-order chi connectivity index (χ0) is 16.5. The molecule has 1 aliphatic heterocycles. The molecule has 2 rings (SSSR count). The normalized spacial score (nSPS) is 18.3. The lowest BCUT2D eigenvalue weighted by Gasteiger charge is -2.25. The Bertz CT molecular complexity index is 539. The molecule has 0 bridgehead atoms. The molecular formula is C18H24N2O3. The first-order valence-electron chi connectivity index (χ1n) is 7.92. The number of ether oxygens (including phenoxy) is 1. The van der Waals surface area contributed by atoms with Crippen LogP contribution in [0, 0.1) is 12.3 Å². The van der Waals surface area contributed by atoms with Gasteiger partial charge in [-0.25, -0.2) is 0 Å². The molecule has 0 saturated heterocycles. The summed E-state index contributed by atoms with van der Waals surface area (Å²) in [6.45, 7) is 4.61. The predicted octanol–water partition coefficient (Wildman–Crippen LogP) is 1.51. The fourth-order valence-electron chi connectivity index (χ4n) is 2.55. The molecule has 2 atom stereocenters. The summed E-state index contributed by atoms with van der Waals surface area (Å²) in [7, 11) is 0. The molecule has 5 heteroatoms. The average molecular weight is 316 g/mol. The van der Waals surface area contributed by atoms with Crippen LogP contribution in [0.5, 0.6) is 0 Å². The summed E-state index contributed by atoms with van der Waals surface area (Å²) >= 11 is 0. The van der Waals surface area contributed by atoms with Crippen molar-refractivity contribution >= 4 is 5.71 Å². The molecule has 0 amide bonds. The number of hydrogen-bond acceptors (Lipinski definition) is 5. The summed E-state index contributed by atoms with van der Waals surface area (Å²) < 4.78 is 5.17. The minimum atomic E-state index is -0.556. The molecule has 23 heavy (non-hydrogen) atoms. The Labute approximate surface area is 137 Å². The van der Waals surface area contributed by atoms with E-state index < -0.39 is 6.10 Å². The van der Waals surface area contributed by atoms with Crippen molar-refractivity contribution in [3.05, 3.63) is 35.9 Å². The summed E-state index contributed by atoms with van der Waals surface area (Å²) in [6.07, 6.45) is 5.36. The minimum Gasteiger partial charge on any atom is -0.390 e. The maximum Gasteiger partial charge on any atom is 0.145 e. The summed E-state index contributed by atoms with van der Waals surface area (Å²) in [5, 5.41) is 14.2. The van der Waals surface area contributed by atoms with E-state index in [0.29, 0.717) is 6.54 Å². The van der Waals surface area contributed by atoms with E-state index in [1.807, 2.05) is 30.3 Å². The first-order valence-corrected chi connectivity index (χ1v) is 7.92. The van der Waals surface area contributed by atoms with Gasteiger partial charge in [-0.3, -0.25) is 4.90 Å². The van der Waals surface area contributed by atoms with Gasteiger partial charge in [0.05, 0.1) is 18.4 Å². The van der Waals surface area contributed by atoms with E-state index in [2.05, 4.69) is 22.9 Å². The predicted molar refractivity (Wildman–Crippen MR) is 90.2 cm³/mol. The minimum absolute atomic E-state index is 0.0176. The highest BCUT2D eigenvalue weighted by atomic mass is 16.6. The third-order valence-electron chi connectivity index (χ3n) is 3.71. The number of hydrogen-bond donors (Lipinski definition) is 1. The molecule has 0 radical (unpaired) electrons. The quantitative estimate of drug-likeness (QED) is 0.554. The number of aliphatic hydroxyl groups is 1. The SMILES string of the molecule is C#CCOC[C@H](O)CN(CC)C[C@H]1CC(c2ccccc2)=NO1. The van der Waals surface area contributed by atoms with Gasteiger partial charge in [0.25, 0.3) is 0 Å². The van der Waals surface area contributed by atoms with Gasteiger partial charge in [-0.05, 0) is 12.1 Å². The standard InChI is InChI=1S/C18H24N2O3/c1-3-10-22-14-16(21)12-20(4-2)13-17-11-18(19-23-17)15-8-6-5-7-9-15/h1,5-9,16-17,21H,4,10-14H2,2H3/t16-,17-/m1/s1. The van der Waals surface area contributed by atoms with E-state index in [0.717, 1.165) is 30.8 Å². The lowest BCUT2D eigenvalue weighted by molar-refractivity contribution is 0.00807. The smallest absolute Gasteiger partial charge is 0.145 e. The van der Waals surface area contributed by atoms with E-state index in [1.54, 1.807) is 0 Å². The first kappa shape index (κ1) is 17.5.